The Bertz CT molecular complexity index is 561. The van der Waals surface area contributed by atoms with Gasteiger partial charge in [0, 0.05) is 6.61 Å². The van der Waals surface area contributed by atoms with Crippen LogP contribution in [0.1, 0.15) is 38.2 Å². The molecule has 1 unspecified atom stereocenters. The first-order chi connectivity index (χ1) is 11.0. The molecule has 1 aliphatic rings. The van der Waals surface area contributed by atoms with Crippen LogP contribution < -0.4 is 0 Å². The predicted molar refractivity (Wildman–Crippen MR) is 87.6 cm³/mol. The number of ether oxygens (including phenoxy) is 2. The molecule has 0 amide bonds. The average molecular weight is 342 g/mol. The van der Waals surface area contributed by atoms with Gasteiger partial charge < -0.3 is 9.47 Å². The van der Waals surface area contributed by atoms with E-state index in [0.29, 0.717) is 13.0 Å². The van der Waals surface area contributed by atoms with Crippen LogP contribution in [0, 0.1) is 12.8 Å². The fourth-order valence-electron chi connectivity index (χ4n) is 2.33. The van der Waals surface area contributed by atoms with Gasteiger partial charge >= 0.3 is 0 Å². The molecule has 0 saturated carbocycles. The highest BCUT2D eigenvalue weighted by Crippen LogP contribution is 2.17. The van der Waals surface area contributed by atoms with Crippen LogP contribution in [0.4, 0.5) is 0 Å². The van der Waals surface area contributed by atoms with Crippen molar-refractivity contribution in [1.82, 2.24) is 0 Å². The average Bonchev–Trinajstić information content (AvgIpc) is 2.54. The largest absolute Gasteiger partial charge is 0.353 e. The van der Waals surface area contributed by atoms with Gasteiger partial charge in [-0.25, -0.2) is 0 Å². The van der Waals surface area contributed by atoms with Crippen molar-refractivity contribution in [1.29, 1.82) is 0 Å². The maximum absolute atomic E-state index is 12.1. The van der Waals surface area contributed by atoms with Gasteiger partial charge in [-0.1, -0.05) is 24.6 Å². The fourth-order valence-corrected chi connectivity index (χ4v) is 3.25. The van der Waals surface area contributed by atoms with E-state index in [9.17, 15) is 8.42 Å². The Morgan fingerprint density at radius 3 is 2.65 bits per heavy atom. The summed E-state index contributed by atoms with van der Waals surface area (Å²) in [6.45, 7) is 5.40. The zero-order valence-corrected chi connectivity index (χ0v) is 14.7. The Hall–Kier alpha value is -0.950. The van der Waals surface area contributed by atoms with Gasteiger partial charge in [-0.15, -0.1) is 0 Å². The molecule has 2 rings (SSSR count). The van der Waals surface area contributed by atoms with E-state index in [0.717, 1.165) is 31.4 Å². The Kier molecular flexibility index (Phi) is 7.02. The van der Waals surface area contributed by atoms with E-state index < -0.39 is 10.1 Å². The Labute approximate surface area is 139 Å². The van der Waals surface area contributed by atoms with Crippen LogP contribution in [0.25, 0.3) is 0 Å². The summed E-state index contributed by atoms with van der Waals surface area (Å²) in [6.07, 6.45) is 3.68. The Morgan fingerprint density at radius 2 is 2.00 bits per heavy atom. The summed E-state index contributed by atoms with van der Waals surface area (Å²) in [7, 11) is -3.67. The number of hydrogen-bond acceptors (Lipinski definition) is 5. The van der Waals surface area contributed by atoms with Crippen LogP contribution in [0.15, 0.2) is 29.2 Å². The summed E-state index contributed by atoms with van der Waals surface area (Å²) in [5.74, 6) is 0.216. The van der Waals surface area contributed by atoms with Gasteiger partial charge in [0.15, 0.2) is 6.29 Å². The topological polar surface area (TPSA) is 61.8 Å². The van der Waals surface area contributed by atoms with Gasteiger partial charge in [-0.2, -0.15) is 8.42 Å². The van der Waals surface area contributed by atoms with Crippen molar-refractivity contribution in [2.75, 3.05) is 19.8 Å². The molecule has 0 aliphatic carbocycles. The van der Waals surface area contributed by atoms with Crippen LogP contribution in [0.3, 0.4) is 0 Å². The second-order valence-electron chi connectivity index (χ2n) is 6.11. The lowest BCUT2D eigenvalue weighted by Gasteiger charge is -2.24. The maximum atomic E-state index is 12.1. The molecule has 1 fully saturated rings. The van der Waals surface area contributed by atoms with Crippen LogP contribution in [-0.4, -0.2) is 34.5 Å². The molecule has 1 aromatic carbocycles. The van der Waals surface area contributed by atoms with Gasteiger partial charge in [0.25, 0.3) is 10.1 Å². The molecule has 0 spiro atoms. The fraction of sp³-hybridized carbons (Fsp3) is 0.647. The third kappa shape index (κ3) is 6.22. The Morgan fingerprint density at radius 1 is 1.26 bits per heavy atom. The van der Waals surface area contributed by atoms with Crippen molar-refractivity contribution in [2.45, 2.75) is 50.7 Å². The molecule has 23 heavy (non-hydrogen) atoms. The Balaban J connectivity index is 1.69. The van der Waals surface area contributed by atoms with Gasteiger partial charge in [0.2, 0.25) is 0 Å². The third-order valence-electron chi connectivity index (χ3n) is 3.86. The van der Waals surface area contributed by atoms with Gasteiger partial charge in [-0.3, -0.25) is 4.18 Å². The van der Waals surface area contributed by atoms with Crippen molar-refractivity contribution in [2.24, 2.45) is 5.92 Å². The first-order valence-corrected chi connectivity index (χ1v) is 9.57. The minimum absolute atomic E-state index is 0.108. The highest BCUT2D eigenvalue weighted by Gasteiger charge is 2.17. The number of aryl methyl sites for hydroxylation is 1. The summed E-state index contributed by atoms with van der Waals surface area (Å²) in [4.78, 5) is 0.197. The molecule has 1 aliphatic heterocycles. The lowest BCUT2D eigenvalue weighted by atomic mass is 10.1. The SMILES string of the molecule is Cc1ccc(S(=O)(=O)OCC[C@@H](C)COC2CCCCO2)cc1. The van der Waals surface area contributed by atoms with E-state index in [1.807, 2.05) is 13.8 Å². The van der Waals surface area contributed by atoms with E-state index in [1.165, 1.54) is 0 Å². The summed E-state index contributed by atoms with van der Waals surface area (Å²) in [6, 6.07) is 6.66. The van der Waals surface area contributed by atoms with Crippen molar-refractivity contribution in [3.63, 3.8) is 0 Å². The zero-order chi connectivity index (χ0) is 16.7. The number of benzene rings is 1. The van der Waals surface area contributed by atoms with Crippen LogP contribution >= 0.6 is 0 Å². The van der Waals surface area contributed by atoms with Crippen molar-refractivity contribution in [3.8, 4) is 0 Å². The minimum atomic E-state index is -3.67. The van der Waals surface area contributed by atoms with E-state index in [2.05, 4.69) is 0 Å². The van der Waals surface area contributed by atoms with Gasteiger partial charge in [-0.05, 0) is 50.7 Å². The van der Waals surface area contributed by atoms with E-state index >= 15 is 0 Å². The highest BCUT2D eigenvalue weighted by atomic mass is 32.2. The molecule has 0 aromatic heterocycles. The monoisotopic (exact) mass is 342 g/mol. The van der Waals surface area contributed by atoms with Crippen LogP contribution in [0.5, 0.6) is 0 Å². The molecule has 1 saturated heterocycles. The molecular weight excluding hydrogens is 316 g/mol. The molecule has 0 radical (unpaired) electrons. The zero-order valence-electron chi connectivity index (χ0n) is 13.9. The second kappa shape index (κ2) is 8.78. The van der Waals surface area contributed by atoms with Crippen LogP contribution in [-0.2, 0) is 23.8 Å². The summed E-state index contributed by atoms with van der Waals surface area (Å²) < 4.78 is 40.4. The van der Waals surface area contributed by atoms with E-state index in [1.54, 1.807) is 24.3 Å². The van der Waals surface area contributed by atoms with Gasteiger partial charge in [0.05, 0.1) is 18.1 Å². The maximum Gasteiger partial charge on any atom is 0.296 e. The smallest absolute Gasteiger partial charge is 0.296 e. The lowest BCUT2D eigenvalue weighted by Crippen LogP contribution is -2.24. The van der Waals surface area contributed by atoms with E-state index in [4.69, 9.17) is 13.7 Å². The molecule has 0 N–H and O–H groups in total. The van der Waals surface area contributed by atoms with Crippen molar-refractivity contribution in [3.05, 3.63) is 29.8 Å². The molecule has 2 atom stereocenters. The molecule has 130 valence electrons. The van der Waals surface area contributed by atoms with Crippen molar-refractivity contribution >= 4 is 10.1 Å². The molecule has 6 heteroatoms. The van der Waals surface area contributed by atoms with Crippen molar-refractivity contribution < 1.29 is 22.1 Å². The normalized spacial score (nSPS) is 20.3. The standard InChI is InChI=1S/C17H26O5S/c1-14-6-8-16(9-7-14)23(18,19)22-12-10-15(2)13-21-17-5-3-4-11-20-17/h6-9,15,17H,3-5,10-13H2,1-2H3/t15-,17?/m1/s1. The third-order valence-corrected chi connectivity index (χ3v) is 5.19. The van der Waals surface area contributed by atoms with Crippen LogP contribution in [0.2, 0.25) is 0 Å². The minimum Gasteiger partial charge on any atom is -0.353 e. The predicted octanol–water partition coefficient (Wildman–Crippen LogP) is 3.27. The molecular formula is C17H26O5S. The summed E-state index contributed by atoms with van der Waals surface area (Å²) in [5.41, 5.74) is 1.01. The second-order valence-corrected chi connectivity index (χ2v) is 7.73. The molecule has 5 nitrogen and oxygen atoms in total. The first-order valence-electron chi connectivity index (χ1n) is 8.17. The molecule has 1 heterocycles. The number of rotatable bonds is 8. The highest BCUT2D eigenvalue weighted by molar-refractivity contribution is 7.86. The molecule has 1 aromatic rings. The summed E-state index contributed by atoms with van der Waals surface area (Å²) >= 11 is 0. The lowest BCUT2D eigenvalue weighted by molar-refractivity contribution is -0.168. The van der Waals surface area contributed by atoms with Gasteiger partial charge in [0.1, 0.15) is 0 Å². The number of hydrogen-bond donors (Lipinski definition) is 0. The quantitative estimate of drug-likeness (QED) is 0.679. The first kappa shape index (κ1) is 18.4. The van der Waals surface area contributed by atoms with E-state index in [-0.39, 0.29) is 23.7 Å². The molecule has 0 bridgehead atoms. The summed E-state index contributed by atoms with van der Waals surface area (Å²) in [5, 5.41) is 0.